The Morgan fingerprint density at radius 3 is 2.69 bits per heavy atom. The maximum absolute atomic E-state index is 12.3. The number of amides is 2. The monoisotopic (exact) mass is 388 g/mol. The van der Waals surface area contributed by atoms with Crippen LogP contribution in [-0.4, -0.2) is 21.8 Å². The lowest BCUT2D eigenvalue weighted by molar-refractivity contribution is -0.121. The first kappa shape index (κ1) is 18.5. The molecule has 0 saturated carbocycles. The number of aryl methyl sites for hydroxylation is 2. The summed E-state index contributed by atoms with van der Waals surface area (Å²) in [6, 6.07) is 15.4. The van der Waals surface area contributed by atoms with E-state index in [0.717, 1.165) is 16.5 Å². The van der Waals surface area contributed by atoms with Crippen LogP contribution < -0.4 is 10.9 Å². The van der Waals surface area contributed by atoms with Crippen LogP contribution in [-0.2, 0) is 11.2 Å². The van der Waals surface area contributed by atoms with E-state index >= 15 is 0 Å². The number of para-hydroxylation sites is 1. The molecule has 0 aliphatic rings. The van der Waals surface area contributed by atoms with Crippen molar-refractivity contribution < 1.29 is 14.0 Å². The molecule has 146 valence electrons. The highest BCUT2D eigenvalue weighted by atomic mass is 16.4. The average Bonchev–Trinajstić information content (AvgIpc) is 3.38. The number of aromatic nitrogens is 2. The fraction of sp³-hybridized carbons (Fsp3) is 0.136. The number of hydrogen-bond acceptors (Lipinski definition) is 4. The number of rotatable bonds is 5. The van der Waals surface area contributed by atoms with Crippen molar-refractivity contribution in [1.29, 1.82) is 0 Å². The van der Waals surface area contributed by atoms with Crippen molar-refractivity contribution in [2.24, 2.45) is 0 Å². The van der Waals surface area contributed by atoms with Gasteiger partial charge in [-0.25, -0.2) is 4.98 Å². The molecule has 7 heteroatoms. The molecule has 0 radical (unpaired) electrons. The summed E-state index contributed by atoms with van der Waals surface area (Å²) in [5.74, 6) is 0.425. The number of oxazole rings is 1. The molecule has 0 atom stereocenters. The molecule has 2 heterocycles. The molecule has 7 nitrogen and oxygen atoms in total. The molecule has 2 aromatic carbocycles. The van der Waals surface area contributed by atoms with Gasteiger partial charge in [0, 0.05) is 35.5 Å². The van der Waals surface area contributed by atoms with Gasteiger partial charge in [-0.2, -0.15) is 0 Å². The highest BCUT2D eigenvalue weighted by Crippen LogP contribution is 2.21. The molecule has 0 fully saturated rings. The molecule has 2 aromatic heterocycles. The number of carbonyl (C=O) groups is 2. The number of nitrogens with zero attached hydrogens (tertiary/aromatic N) is 1. The molecule has 0 aliphatic carbocycles. The van der Waals surface area contributed by atoms with Gasteiger partial charge in [0.25, 0.3) is 5.91 Å². The average molecular weight is 388 g/mol. The third kappa shape index (κ3) is 4.19. The van der Waals surface area contributed by atoms with Gasteiger partial charge in [0.05, 0.1) is 11.8 Å². The van der Waals surface area contributed by atoms with E-state index in [9.17, 15) is 9.59 Å². The molecule has 0 spiro atoms. The Hall–Kier alpha value is -3.87. The van der Waals surface area contributed by atoms with Gasteiger partial charge in [0.1, 0.15) is 0 Å². The molecule has 4 rings (SSSR count). The van der Waals surface area contributed by atoms with E-state index in [-0.39, 0.29) is 18.2 Å². The topological polar surface area (TPSA) is 100 Å². The molecular weight excluding hydrogens is 368 g/mol. The van der Waals surface area contributed by atoms with E-state index in [1.165, 1.54) is 5.56 Å². The first-order chi connectivity index (χ1) is 14.1. The van der Waals surface area contributed by atoms with Gasteiger partial charge in [-0.1, -0.05) is 48.0 Å². The molecule has 29 heavy (non-hydrogen) atoms. The zero-order chi connectivity index (χ0) is 20.2. The van der Waals surface area contributed by atoms with Crippen LogP contribution in [0.25, 0.3) is 22.2 Å². The van der Waals surface area contributed by atoms with Gasteiger partial charge in [-0.15, -0.1) is 0 Å². The standard InChI is InChI=1S/C22H20N4O3/c1-14-6-8-15(9-7-14)19-13-24-21(29-19)11-10-20(27)25-26-22(28)17-12-23-18-5-3-2-4-16(17)18/h2-9,12-13,23H,10-11H2,1H3,(H,25,27)(H,26,28). The van der Waals surface area contributed by atoms with Crippen molar-refractivity contribution in [2.45, 2.75) is 19.8 Å². The summed E-state index contributed by atoms with van der Waals surface area (Å²) in [7, 11) is 0. The van der Waals surface area contributed by atoms with E-state index in [0.29, 0.717) is 23.6 Å². The fourth-order valence-corrected chi connectivity index (χ4v) is 3.01. The number of aromatic amines is 1. The quantitative estimate of drug-likeness (QED) is 0.455. The Balaban J connectivity index is 1.29. The van der Waals surface area contributed by atoms with Crippen LogP contribution in [0.5, 0.6) is 0 Å². The number of nitrogens with one attached hydrogen (secondary N) is 3. The lowest BCUT2D eigenvalue weighted by atomic mass is 10.1. The Bertz CT molecular complexity index is 1160. The van der Waals surface area contributed by atoms with Crippen LogP contribution in [0.1, 0.15) is 28.2 Å². The Labute approximate surface area is 167 Å². The summed E-state index contributed by atoms with van der Waals surface area (Å²) in [4.78, 5) is 31.6. The van der Waals surface area contributed by atoms with Crippen LogP contribution in [0.3, 0.4) is 0 Å². The Morgan fingerprint density at radius 1 is 1.07 bits per heavy atom. The number of H-pyrrole nitrogens is 1. The summed E-state index contributed by atoms with van der Waals surface area (Å²) in [6.45, 7) is 2.02. The summed E-state index contributed by atoms with van der Waals surface area (Å²) >= 11 is 0. The van der Waals surface area contributed by atoms with E-state index in [1.807, 2.05) is 55.5 Å². The predicted molar refractivity (Wildman–Crippen MR) is 109 cm³/mol. The predicted octanol–water partition coefficient (Wildman–Crippen LogP) is 3.53. The summed E-state index contributed by atoms with van der Waals surface area (Å²) < 4.78 is 5.71. The fourth-order valence-electron chi connectivity index (χ4n) is 3.01. The van der Waals surface area contributed by atoms with Crippen molar-refractivity contribution in [2.75, 3.05) is 0 Å². The normalized spacial score (nSPS) is 10.8. The molecule has 0 bridgehead atoms. The van der Waals surface area contributed by atoms with Crippen LogP contribution >= 0.6 is 0 Å². The zero-order valence-corrected chi connectivity index (χ0v) is 15.9. The van der Waals surface area contributed by atoms with Crippen molar-refractivity contribution in [1.82, 2.24) is 20.8 Å². The van der Waals surface area contributed by atoms with Gasteiger partial charge in [-0.05, 0) is 13.0 Å². The van der Waals surface area contributed by atoms with Crippen LogP contribution in [0, 0.1) is 6.92 Å². The largest absolute Gasteiger partial charge is 0.441 e. The molecule has 0 saturated heterocycles. The first-order valence-electron chi connectivity index (χ1n) is 9.27. The minimum Gasteiger partial charge on any atom is -0.441 e. The summed E-state index contributed by atoms with van der Waals surface area (Å²) in [6.07, 6.45) is 3.74. The molecule has 4 aromatic rings. The first-order valence-corrected chi connectivity index (χ1v) is 9.27. The Kier molecular flexibility index (Phi) is 5.11. The smallest absolute Gasteiger partial charge is 0.271 e. The number of fused-ring (bicyclic) bond motifs is 1. The van der Waals surface area contributed by atoms with Gasteiger partial charge in [0.2, 0.25) is 5.91 Å². The van der Waals surface area contributed by atoms with Crippen LogP contribution in [0.4, 0.5) is 0 Å². The van der Waals surface area contributed by atoms with Crippen molar-refractivity contribution in [3.8, 4) is 11.3 Å². The number of hydrazine groups is 1. The lowest BCUT2D eigenvalue weighted by Crippen LogP contribution is -2.41. The van der Waals surface area contributed by atoms with E-state index in [1.54, 1.807) is 12.4 Å². The molecule has 3 N–H and O–H groups in total. The maximum Gasteiger partial charge on any atom is 0.271 e. The van der Waals surface area contributed by atoms with E-state index in [4.69, 9.17) is 4.42 Å². The van der Waals surface area contributed by atoms with Crippen LogP contribution in [0.2, 0.25) is 0 Å². The van der Waals surface area contributed by atoms with Gasteiger partial charge in [0.15, 0.2) is 11.7 Å². The number of benzene rings is 2. The van der Waals surface area contributed by atoms with Crippen molar-refractivity contribution in [3.63, 3.8) is 0 Å². The second-order valence-electron chi connectivity index (χ2n) is 6.73. The molecular formula is C22H20N4O3. The number of hydrogen-bond donors (Lipinski definition) is 3. The minimum atomic E-state index is -0.381. The van der Waals surface area contributed by atoms with Gasteiger partial charge < -0.3 is 9.40 Å². The SMILES string of the molecule is Cc1ccc(-c2cnc(CCC(=O)NNC(=O)c3c[nH]c4ccccc34)o2)cc1. The lowest BCUT2D eigenvalue weighted by Gasteiger charge is -2.06. The molecule has 0 aliphatic heterocycles. The van der Waals surface area contributed by atoms with Gasteiger partial charge >= 0.3 is 0 Å². The highest BCUT2D eigenvalue weighted by molar-refractivity contribution is 6.07. The highest BCUT2D eigenvalue weighted by Gasteiger charge is 2.13. The zero-order valence-electron chi connectivity index (χ0n) is 15.9. The van der Waals surface area contributed by atoms with Gasteiger partial charge in [-0.3, -0.25) is 20.4 Å². The second kappa shape index (κ2) is 8.02. The number of carbonyl (C=O) groups excluding carboxylic acids is 2. The van der Waals surface area contributed by atoms with Crippen molar-refractivity contribution in [3.05, 3.63) is 77.9 Å². The molecule has 0 unspecified atom stereocenters. The molecule has 2 amide bonds. The van der Waals surface area contributed by atoms with Crippen LogP contribution in [0.15, 0.2) is 65.3 Å². The van der Waals surface area contributed by atoms with E-state index in [2.05, 4.69) is 20.8 Å². The third-order valence-corrected chi connectivity index (χ3v) is 4.60. The summed E-state index contributed by atoms with van der Waals surface area (Å²) in [5.41, 5.74) is 8.30. The maximum atomic E-state index is 12.3. The van der Waals surface area contributed by atoms with E-state index < -0.39 is 0 Å². The van der Waals surface area contributed by atoms with Crippen molar-refractivity contribution >= 4 is 22.7 Å². The minimum absolute atomic E-state index is 0.141. The Morgan fingerprint density at radius 2 is 1.86 bits per heavy atom. The third-order valence-electron chi connectivity index (χ3n) is 4.60. The summed E-state index contributed by atoms with van der Waals surface area (Å²) in [5, 5.41) is 0.794. The second-order valence-corrected chi connectivity index (χ2v) is 6.73.